The van der Waals surface area contributed by atoms with Crippen LogP contribution in [-0.2, 0) is 0 Å². The van der Waals surface area contributed by atoms with E-state index in [0.717, 1.165) is 0 Å². The molecule has 0 unspecified atom stereocenters. The summed E-state index contributed by atoms with van der Waals surface area (Å²) in [5.74, 6) is 0. The van der Waals surface area contributed by atoms with Crippen molar-refractivity contribution in [2.75, 3.05) is 0 Å². The van der Waals surface area contributed by atoms with E-state index in [0.29, 0.717) is 0 Å². The van der Waals surface area contributed by atoms with Crippen LogP contribution in [-0.4, -0.2) is 0 Å². The molecule has 0 radical (unpaired) electrons. The van der Waals surface area contributed by atoms with Gasteiger partial charge >= 0.3 is 0 Å². The molecule has 0 spiro atoms. The predicted molar refractivity (Wildman–Crippen MR) is 39.4 cm³/mol. The van der Waals surface area contributed by atoms with Crippen LogP contribution >= 0.6 is 0 Å². The van der Waals surface area contributed by atoms with Gasteiger partial charge in [-0.3, -0.25) is 0 Å². The van der Waals surface area contributed by atoms with Crippen molar-refractivity contribution >= 4 is 0 Å². The number of rotatable bonds is 0. The fourth-order valence-electron chi connectivity index (χ4n) is 0. The molecule has 0 amide bonds. The average molecular weight is 658 g/mol. The summed E-state index contributed by atoms with van der Waals surface area (Å²) < 4.78 is 173. The second-order valence-corrected chi connectivity index (χ2v) is 1.29. The Morgan fingerprint density at radius 2 is 0.200 bits per heavy atom. The van der Waals surface area contributed by atoms with Gasteiger partial charge in [0.1, 0.15) is 0 Å². The Kier molecular flexibility index (Phi) is 69.1. The second kappa shape index (κ2) is 39.0. The molecule has 0 atom stereocenters. The summed E-state index contributed by atoms with van der Waals surface area (Å²) in [6.45, 7) is -18.5. The monoisotopic (exact) mass is 652 g/mol. The Balaban J connectivity index is -0.0000000309. The fraction of sp³-hybridized carbons (Fsp3) is 0. The van der Waals surface area contributed by atoms with Crippen LogP contribution in [0.1, 0.15) is 0 Å². The van der Waals surface area contributed by atoms with Crippen molar-refractivity contribution in [3.05, 3.63) is 40.1 Å². The third-order valence-corrected chi connectivity index (χ3v) is 0. The Labute approximate surface area is 149 Å². The molecule has 0 heterocycles. The Morgan fingerprint density at radius 1 is 0.200 bits per heavy atom. The van der Waals surface area contributed by atoms with E-state index in [9.17, 15) is 79.0 Å². The standard InChI is InChI=1S/6CF3.Pu/c6*2-1(3)4;/q6*-1;. The first-order valence-electron chi connectivity index (χ1n) is 3.40. The van der Waals surface area contributed by atoms with E-state index in [-0.39, 0.29) is 29.2 Å². The molecule has 0 aliphatic rings. The molecule has 0 rings (SSSR count). The molecular weight excluding hydrogens is 658 g/mol. The molecule has 0 aromatic rings. The maximum atomic E-state index is 9.58. The zero-order valence-corrected chi connectivity index (χ0v) is 13.6. The van der Waals surface area contributed by atoms with Gasteiger partial charge in [0.05, 0.1) is 0 Å². The minimum atomic E-state index is -3.08. The first-order chi connectivity index (χ1) is 10.4. The maximum Gasteiger partial charge on any atom is 0.154 e. The zero-order valence-electron chi connectivity index (χ0n) is 10.2. The molecule has 0 bridgehead atoms. The SMILES string of the molecule is F[C-](F)F.F[C-](F)F.F[C-](F)F.F[C-](F)F.F[C-](F)F.F[C-](F)F.[Pu]. The van der Waals surface area contributed by atoms with E-state index in [1.165, 1.54) is 0 Å². The topological polar surface area (TPSA) is 0 Å². The van der Waals surface area contributed by atoms with Crippen LogP contribution < -0.4 is 0 Å². The van der Waals surface area contributed by atoms with E-state index < -0.39 is 40.1 Å². The van der Waals surface area contributed by atoms with Gasteiger partial charge in [-0.25, -0.2) is 0 Å². The van der Waals surface area contributed by atoms with E-state index >= 15 is 0 Å². The maximum absolute atomic E-state index is 9.58. The zero-order chi connectivity index (χ0) is 21.5. The third kappa shape index (κ3) is 150000. The first kappa shape index (κ1) is 44.3. The van der Waals surface area contributed by atoms with Crippen LogP contribution in [0.5, 0.6) is 0 Å². The van der Waals surface area contributed by atoms with Gasteiger partial charge in [-0.15, -0.1) is 0 Å². The molecule has 0 aliphatic heterocycles. The van der Waals surface area contributed by atoms with E-state index in [1.54, 1.807) is 0 Å². The quantitative estimate of drug-likeness (QED) is 0.183. The van der Waals surface area contributed by atoms with Gasteiger partial charge in [0.25, 0.3) is 0 Å². The third-order valence-electron chi connectivity index (χ3n) is 0. The molecule has 0 saturated carbocycles. The van der Waals surface area contributed by atoms with Gasteiger partial charge < -0.3 is 79.0 Å². The van der Waals surface area contributed by atoms with Gasteiger partial charge in [0.15, 0.2) is 40.1 Å². The molecule has 162 valence electrons. The molecule has 0 aliphatic carbocycles. The molecule has 0 aromatic heterocycles. The summed E-state index contributed by atoms with van der Waals surface area (Å²) in [7, 11) is 0. The van der Waals surface area contributed by atoms with Crippen molar-refractivity contribution in [2.45, 2.75) is 0 Å². The van der Waals surface area contributed by atoms with Gasteiger partial charge in [0, 0.05) is 29.2 Å². The molecule has 25 heavy (non-hydrogen) atoms. The summed E-state index contributed by atoms with van der Waals surface area (Å²) in [4.78, 5) is 0. The van der Waals surface area contributed by atoms with Gasteiger partial charge in [-0.1, -0.05) is 0 Å². The minimum Gasteiger partial charge on any atom is -0.385 e. The van der Waals surface area contributed by atoms with Gasteiger partial charge in [0.2, 0.25) is 0 Å². The van der Waals surface area contributed by atoms with E-state index in [1.807, 2.05) is 0 Å². The van der Waals surface area contributed by atoms with Crippen LogP contribution in [0.2, 0.25) is 0 Å². The number of halogens is 18. The average Bonchev–Trinajstić information content (AvgIpc) is 2.08. The smallest absolute Gasteiger partial charge is 0.154 e. The molecule has 0 nitrogen and oxygen atoms in total. The summed E-state index contributed by atoms with van der Waals surface area (Å²) >= 11 is 0. The largest absolute Gasteiger partial charge is 0.385 e. The Bertz CT molecular complexity index is 101. The van der Waals surface area contributed by atoms with Crippen LogP contribution in [0, 0.1) is 69.2 Å². The first-order valence-corrected chi connectivity index (χ1v) is 3.40. The van der Waals surface area contributed by atoms with Crippen LogP contribution in [0.3, 0.4) is 0 Å². The molecule has 0 N–H and O–H groups in total. The number of hydrogen-bond acceptors (Lipinski definition) is 0. The molecular formula is C6F18Pu-6. The van der Waals surface area contributed by atoms with Gasteiger partial charge in [-0.2, -0.15) is 0 Å². The normalized spacial score (nSPS) is 8.64. The Morgan fingerprint density at radius 3 is 0.200 bits per heavy atom. The second-order valence-electron chi connectivity index (χ2n) is 1.29. The predicted octanol–water partition coefficient (Wildman–Crippen LogP) is 8.05. The van der Waals surface area contributed by atoms with E-state index in [4.69, 9.17) is 0 Å². The van der Waals surface area contributed by atoms with Crippen LogP contribution in [0.15, 0.2) is 0 Å². The van der Waals surface area contributed by atoms with E-state index in [2.05, 4.69) is 0 Å². The fourth-order valence-corrected chi connectivity index (χ4v) is 0. The van der Waals surface area contributed by atoms with Crippen molar-refractivity contribution in [3.63, 3.8) is 0 Å². The summed E-state index contributed by atoms with van der Waals surface area (Å²) in [6.07, 6.45) is 0. The summed E-state index contributed by atoms with van der Waals surface area (Å²) in [5, 5.41) is 0. The van der Waals surface area contributed by atoms with Crippen molar-refractivity contribution in [3.8, 4) is 0 Å². The van der Waals surface area contributed by atoms with Crippen molar-refractivity contribution in [2.24, 2.45) is 0 Å². The van der Waals surface area contributed by atoms with Gasteiger partial charge in [-0.05, 0) is 0 Å². The Hall–Kier alpha value is -0.273. The van der Waals surface area contributed by atoms with Crippen LogP contribution in [0.25, 0.3) is 0 Å². The van der Waals surface area contributed by atoms with Crippen molar-refractivity contribution < 1.29 is 108 Å². The molecule has 0 saturated heterocycles. The summed E-state index contributed by atoms with van der Waals surface area (Å²) in [6, 6.07) is 0. The van der Waals surface area contributed by atoms with Crippen molar-refractivity contribution in [1.29, 1.82) is 0 Å². The summed E-state index contributed by atoms with van der Waals surface area (Å²) in [5.41, 5.74) is 0. The molecule has 0 aromatic carbocycles. The number of hydrogen-bond donors (Lipinski definition) is 0. The van der Waals surface area contributed by atoms with Crippen LogP contribution in [0.4, 0.5) is 79.0 Å². The molecule has 0 fully saturated rings. The minimum absolute atomic E-state index is 0. The molecule has 19 heteroatoms. The van der Waals surface area contributed by atoms with Crippen molar-refractivity contribution in [1.82, 2.24) is 0 Å².